The van der Waals surface area contributed by atoms with Crippen molar-refractivity contribution in [3.63, 3.8) is 0 Å². The van der Waals surface area contributed by atoms with Gasteiger partial charge in [0.1, 0.15) is 0 Å². The minimum absolute atomic E-state index is 0.0735. The maximum atomic E-state index is 13.0. The van der Waals surface area contributed by atoms with Gasteiger partial charge in [0.2, 0.25) is 6.43 Å². The Hall–Kier alpha value is -0.346. The molecule has 4 rings (SSSR count). The van der Waals surface area contributed by atoms with E-state index in [0.29, 0.717) is 23.2 Å². The number of hydrogen-bond acceptors (Lipinski definition) is 3. The van der Waals surface area contributed by atoms with E-state index < -0.39 is 23.1 Å². The van der Waals surface area contributed by atoms with Crippen LogP contribution in [0.25, 0.3) is 0 Å². The molecule has 7 heteroatoms. The van der Waals surface area contributed by atoms with Crippen LogP contribution in [0.3, 0.4) is 0 Å². The number of nitrogens with zero attached hydrogens (tertiary/aromatic N) is 1. The van der Waals surface area contributed by atoms with Gasteiger partial charge in [0.25, 0.3) is 0 Å². The molecule has 0 bridgehead atoms. The SMILES string of the molecule is C[C@H](CN1CC[C@@H](CC(F)F)C1)[C@H]1CC[C@H]2/C(=C/C=C3C[C@@H](O[Si](C)(C)C(C)(C)C)C[C@H](O[Si](C)(C)C(C)(C)C)C3)CCC[C@]12C. The first-order valence-corrected chi connectivity index (χ1v) is 24.7. The van der Waals surface area contributed by atoms with E-state index in [1.54, 1.807) is 5.57 Å². The van der Waals surface area contributed by atoms with Crippen molar-refractivity contribution in [1.82, 2.24) is 4.90 Å². The molecule has 46 heavy (non-hydrogen) atoms. The quantitative estimate of drug-likeness (QED) is 0.215. The molecule has 0 spiro atoms. The Morgan fingerprint density at radius 2 is 1.50 bits per heavy atom. The van der Waals surface area contributed by atoms with Crippen LogP contribution in [0.15, 0.2) is 23.3 Å². The zero-order chi connectivity index (χ0) is 34.3. The number of allylic oxidation sites excluding steroid dienone is 3. The van der Waals surface area contributed by atoms with Gasteiger partial charge in [-0.2, -0.15) is 0 Å². The van der Waals surface area contributed by atoms with E-state index in [1.807, 2.05) is 0 Å². The first-order chi connectivity index (χ1) is 21.1. The summed E-state index contributed by atoms with van der Waals surface area (Å²) in [4.78, 5) is 2.49. The molecule has 0 unspecified atom stereocenters. The molecule has 3 aliphatic carbocycles. The first kappa shape index (κ1) is 38.5. The summed E-state index contributed by atoms with van der Waals surface area (Å²) in [6.45, 7) is 31.6. The lowest BCUT2D eigenvalue weighted by molar-refractivity contribution is 0.0724. The van der Waals surface area contributed by atoms with Crippen molar-refractivity contribution in [1.29, 1.82) is 0 Å². The van der Waals surface area contributed by atoms with Gasteiger partial charge in [0, 0.05) is 19.5 Å². The predicted molar refractivity (Wildman–Crippen MR) is 197 cm³/mol. The maximum Gasteiger partial charge on any atom is 0.238 e. The van der Waals surface area contributed by atoms with Crippen molar-refractivity contribution in [2.24, 2.45) is 29.1 Å². The van der Waals surface area contributed by atoms with E-state index in [1.165, 1.54) is 37.7 Å². The highest BCUT2D eigenvalue weighted by atomic mass is 28.4. The lowest BCUT2D eigenvalue weighted by atomic mass is 9.61. The third-order valence-corrected chi connectivity index (χ3v) is 22.8. The van der Waals surface area contributed by atoms with Gasteiger partial charge in [-0.3, -0.25) is 0 Å². The summed E-state index contributed by atoms with van der Waals surface area (Å²) in [5.74, 6) is 2.16. The molecular formula is C39H71F2NO2Si2. The van der Waals surface area contributed by atoms with E-state index in [4.69, 9.17) is 8.85 Å². The van der Waals surface area contributed by atoms with Crippen LogP contribution in [0.5, 0.6) is 0 Å². The van der Waals surface area contributed by atoms with E-state index in [9.17, 15) is 8.78 Å². The molecule has 7 atom stereocenters. The molecule has 0 radical (unpaired) electrons. The summed E-state index contributed by atoms with van der Waals surface area (Å²) in [6.07, 6.45) is 13.8. The van der Waals surface area contributed by atoms with Crippen molar-refractivity contribution in [3.8, 4) is 0 Å². The van der Waals surface area contributed by atoms with Crippen LogP contribution in [-0.2, 0) is 8.85 Å². The number of rotatable bonds is 10. The second kappa shape index (κ2) is 14.5. The van der Waals surface area contributed by atoms with Gasteiger partial charge in [-0.25, -0.2) is 8.78 Å². The van der Waals surface area contributed by atoms with Gasteiger partial charge in [-0.05, 0) is 130 Å². The van der Waals surface area contributed by atoms with E-state index in [2.05, 4.69) is 98.6 Å². The molecule has 0 aromatic heterocycles. The number of likely N-dealkylation sites (tertiary alicyclic amines) is 1. The van der Waals surface area contributed by atoms with Gasteiger partial charge in [-0.15, -0.1) is 0 Å². The van der Waals surface area contributed by atoms with Gasteiger partial charge in [0.05, 0.1) is 12.2 Å². The highest BCUT2D eigenvalue weighted by molar-refractivity contribution is 6.74. The van der Waals surface area contributed by atoms with E-state index in [-0.39, 0.29) is 34.6 Å². The molecule has 3 saturated carbocycles. The fourth-order valence-electron chi connectivity index (χ4n) is 9.13. The molecule has 1 aliphatic heterocycles. The van der Waals surface area contributed by atoms with Crippen molar-refractivity contribution in [2.45, 2.75) is 174 Å². The van der Waals surface area contributed by atoms with Gasteiger partial charge in [0.15, 0.2) is 16.6 Å². The fraction of sp³-hybridized carbons (Fsp3) is 0.897. The Morgan fingerprint density at radius 3 is 2.04 bits per heavy atom. The van der Waals surface area contributed by atoms with Crippen LogP contribution in [0, 0.1) is 29.1 Å². The van der Waals surface area contributed by atoms with Crippen LogP contribution < -0.4 is 0 Å². The highest BCUT2D eigenvalue weighted by Gasteiger charge is 2.51. The summed E-state index contributed by atoms with van der Waals surface area (Å²) in [7, 11) is -3.79. The van der Waals surface area contributed by atoms with E-state index >= 15 is 0 Å². The van der Waals surface area contributed by atoms with Crippen LogP contribution in [0.2, 0.25) is 36.3 Å². The predicted octanol–water partition coefficient (Wildman–Crippen LogP) is 11.6. The molecule has 0 N–H and O–H groups in total. The average molecular weight is 680 g/mol. The lowest BCUT2D eigenvalue weighted by Gasteiger charge is -2.45. The fourth-order valence-corrected chi connectivity index (χ4v) is 11.9. The second-order valence-electron chi connectivity index (χ2n) is 19.3. The number of fused-ring (bicyclic) bond motifs is 1. The van der Waals surface area contributed by atoms with Gasteiger partial charge < -0.3 is 13.8 Å². The Bertz CT molecular complexity index is 1050. The minimum Gasteiger partial charge on any atom is -0.414 e. The number of alkyl halides is 2. The Morgan fingerprint density at radius 1 is 0.913 bits per heavy atom. The minimum atomic E-state index is -2.17. The second-order valence-corrected chi connectivity index (χ2v) is 28.8. The van der Waals surface area contributed by atoms with Gasteiger partial charge >= 0.3 is 0 Å². The topological polar surface area (TPSA) is 21.7 Å². The molecule has 0 aromatic rings. The zero-order valence-corrected chi connectivity index (χ0v) is 33.9. The summed E-state index contributed by atoms with van der Waals surface area (Å²) in [6, 6.07) is 0. The molecule has 0 amide bonds. The molecule has 4 aliphatic rings. The summed E-state index contributed by atoms with van der Waals surface area (Å²) in [5.41, 5.74) is 3.52. The molecular weight excluding hydrogens is 609 g/mol. The first-order valence-electron chi connectivity index (χ1n) is 18.9. The number of halogens is 2. The average Bonchev–Trinajstić information content (AvgIpc) is 3.48. The third-order valence-electron chi connectivity index (χ3n) is 13.7. The molecule has 266 valence electrons. The standard InChI is InChI=1S/C39H71F2NO2Si2/c1-28(26-42-21-19-30(27-42)24-36(40)41)34-17-18-35-31(14-13-20-39(34,35)8)16-15-29-22-32(43-45(9,10)37(2,3)4)25-33(23-29)44-46(11,12)38(5,6)7/h15-16,28,30,32-36H,13-14,17-27H2,1-12H3/b31-16+/t28-,30+,32-,33-,34-,35+,39-/m1/s1. The normalized spacial score (nSPS) is 33.6. The Labute approximate surface area is 285 Å². The van der Waals surface area contributed by atoms with Crippen molar-refractivity contribution < 1.29 is 17.6 Å². The van der Waals surface area contributed by atoms with Crippen LogP contribution in [0.4, 0.5) is 8.78 Å². The molecule has 1 saturated heterocycles. The summed E-state index contributed by atoms with van der Waals surface area (Å²) in [5, 5.41) is 0.383. The van der Waals surface area contributed by atoms with Crippen molar-refractivity contribution in [2.75, 3.05) is 19.6 Å². The Balaban J connectivity index is 1.49. The third kappa shape index (κ3) is 9.05. The molecule has 0 aromatic carbocycles. The zero-order valence-electron chi connectivity index (χ0n) is 31.9. The summed E-state index contributed by atoms with van der Waals surface area (Å²) < 4.78 is 40.1. The molecule has 1 heterocycles. The summed E-state index contributed by atoms with van der Waals surface area (Å²) >= 11 is 0. The van der Waals surface area contributed by atoms with Crippen LogP contribution >= 0.6 is 0 Å². The largest absolute Gasteiger partial charge is 0.414 e. The molecule has 3 nitrogen and oxygen atoms in total. The van der Waals surface area contributed by atoms with Crippen molar-refractivity contribution in [3.05, 3.63) is 23.3 Å². The maximum absolute atomic E-state index is 13.0. The monoisotopic (exact) mass is 679 g/mol. The van der Waals surface area contributed by atoms with Gasteiger partial charge in [-0.1, -0.05) is 78.7 Å². The lowest BCUT2D eigenvalue weighted by Crippen LogP contribution is -2.48. The number of hydrogen-bond donors (Lipinski definition) is 0. The van der Waals surface area contributed by atoms with Crippen LogP contribution in [-0.4, -0.2) is 59.8 Å². The molecule has 4 fully saturated rings. The Kier molecular flexibility index (Phi) is 12.1. The smallest absolute Gasteiger partial charge is 0.238 e. The highest BCUT2D eigenvalue weighted by Crippen LogP contribution is 2.59. The van der Waals surface area contributed by atoms with E-state index in [0.717, 1.165) is 45.3 Å². The van der Waals surface area contributed by atoms with Crippen LogP contribution in [0.1, 0.15) is 120 Å². The van der Waals surface area contributed by atoms with Crippen molar-refractivity contribution >= 4 is 16.6 Å².